The fourth-order valence-corrected chi connectivity index (χ4v) is 0.733. The third-order valence-corrected chi connectivity index (χ3v) is 1.33. The molecule has 0 spiro atoms. The largest absolute Gasteiger partial charge is 0.480 e. The Hall–Kier alpha value is -1.11. The van der Waals surface area contributed by atoms with Gasteiger partial charge in [0.25, 0.3) is 0 Å². The lowest BCUT2D eigenvalue weighted by Gasteiger charge is -2.07. The van der Waals surface area contributed by atoms with Crippen LogP contribution in [0.15, 0.2) is 0 Å². The molecule has 0 aromatic rings. The van der Waals surface area contributed by atoms with E-state index in [2.05, 4.69) is 0 Å². The van der Waals surface area contributed by atoms with Gasteiger partial charge in [-0.2, -0.15) is 5.26 Å². The minimum absolute atomic E-state index is 0.129. The predicted molar refractivity (Wildman–Crippen MR) is 36.5 cm³/mol. The lowest BCUT2D eigenvalue weighted by molar-refractivity contribution is -0.141. The standard InChI is InChI=1S/C7H10FNO2/c1-2-3-6(8)5(4-9)7(10)11/h5-6H,2-3H2,1H3,(H,10,11). The first-order valence-corrected chi connectivity index (χ1v) is 3.40. The normalized spacial score (nSPS) is 15.0. The molecule has 0 fully saturated rings. The van der Waals surface area contributed by atoms with Gasteiger partial charge in [-0.1, -0.05) is 13.3 Å². The van der Waals surface area contributed by atoms with Crippen LogP contribution < -0.4 is 0 Å². The van der Waals surface area contributed by atoms with Crippen molar-refractivity contribution in [2.75, 3.05) is 0 Å². The van der Waals surface area contributed by atoms with Gasteiger partial charge in [0.15, 0.2) is 5.92 Å². The molecule has 2 atom stereocenters. The van der Waals surface area contributed by atoms with Crippen molar-refractivity contribution in [3.05, 3.63) is 0 Å². The molecular weight excluding hydrogens is 149 g/mol. The highest BCUT2D eigenvalue weighted by Gasteiger charge is 2.26. The zero-order valence-corrected chi connectivity index (χ0v) is 6.25. The van der Waals surface area contributed by atoms with E-state index in [-0.39, 0.29) is 6.42 Å². The van der Waals surface area contributed by atoms with Crippen molar-refractivity contribution in [2.45, 2.75) is 25.9 Å². The van der Waals surface area contributed by atoms with Crippen molar-refractivity contribution in [1.82, 2.24) is 0 Å². The molecule has 0 amide bonds. The highest BCUT2D eigenvalue weighted by atomic mass is 19.1. The number of halogens is 1. The van der Waals surface area contributed by atoms with Gasteiger partial charge in [0.1, 0.15) is 6.17 Å². The van der Waals surface area contributed by atoms with Gasteiger partial charge in [0.05, 0.1) is 6.07 Å². The molecule has 4 heteroatoms. The van der Waals surface area contributed by atoms with Crippen LogP contribution in [0.5, 0.6) is 0 Å². The van der Waals surface area contributed by atoms with Crippen LogP contribution in [0, 0.1) is 17.2 Å². The zero-order valence-electron chi connectivity index (χ0n) is 6.25. The van der Waals surface area contributed by atoms with Gasteiger partial charge in [-0.05, 0) is 6.42 Å². The van der Waals surface area contributed by atoms with E-state index >= 15 is 0 Å². The van der Waals surface area contributed by atoms with Gasteiger partial charge >= 0.3 is 5.97 Å². The minimum Gasteiger partial charge on any atom is -0.480 e. The van der Waals surface area contributed by atoms with E-state index < -0.39 is 18.1 Å². The van der Waals surface area contributed by atoms with E-state index in [0.29, 0.717) is 6.42 Å². The van der Waals surface area contributed by atoms with Crippen molar-refractivity contribution >= 4 is 5.97 Å². The number of nitriles is 1. The molecular formula is C7H10FNO2. The van der Waals surface area contributed by atoms with Gasteiger partial charge in [0.2, 0.25) is 0 Å². The summed E-state index contributed by atoms with van der Waals surface area (Å²) in [5, 5.41) is 16.5. The smallest absolute Gasteiger partial charge is 0.323 e. The molecule has 0 aliphatic rings. The summed E-state index contributed by atoms with van der Waals surface area (Å²) in [6.45, 7) is 1.74. The number of nitrogens with zero attached hydrogens (tertiary/aromatic N) is 1. The van der Waals surface area contributed by atoms with Crippen molar-refractivity contribution in [3.8, 4) is 6.07 Å². The first-order chi connectivity index (χ1) is 5.13. The molecule has 3 nitrogen and oxygen atoms in total. The number of aliphatic carboxylic acids is 1. The molecule has 0 aliphatic carbocycles. The Bertz CT molecular complexity index is 176. The van der Waals surface area contributed by atoms with Crippen LogP contribution in [0.25, 0.3) is 0 Å². The number of hydrogen-bond acceptors (Lipinski definition) is 2. The van der Waals surface area contributed by atoms with Gasteiger partial charge < -0.3 is 5.11 Å². The van der Waals surface area contributed by atoms with Crippen LogP contribution in [0.3, 0.4) is 0 Å². The summed E-state index contributed by atoms with van der Waals surface area (Å²) in [5.41, 5.74) is 0. The van der Waals surface area contributed by atoms with Gasteiger partial charge in [-0.15, -0.1) is 0 Å². The van der Waals surface area contributed by atoms with Gasteiger partial charge in [0, 0.05) is 0 Å². The average Bonchev–Trinajstić information content (AvgIpc) is 1.88. The molecule has 0 aromatic carbocycles. The van der Waals surface area contributed by atoms with E-state index in [0.717, 1.165) is 0 Å². The van der Waals surface area contributed by atoms with Crippen LogP contribution in [0.4, 0.5) is 4.39 Å². The number of rotatable bonds is 4. The van der Waals surface area contributed by atoms with E-state index in [4.69, 9.17) is 10.4 Å². The zero-order chi connectivity index (χ0) is 8.85. The Balaban J connectivity index is 4.05. The molecule has 1 N–H and O–H groups in total. The van der Waals surface area contributed by atoms with Crippen LogP contribution in [0.1, 0.15) is 19.8 Å². The molecule has 0 saturated heterocycles. The topological polar surface area (TPSA) is 61.1 Å². The highest BCUT2D eigenvalue weighted by molar-refractivity contribution is 5.73. The Labute approximate surface area is 64.4 Å². The van der Waals surface area contributed by atoms with Crippen LogP contribution in [-0.2, 0) is 4.79 Å². The lowest BCUT2D eigenvalue weighted by Crippen LogP contribution is -2.22. The summed E-state index contributed by atoms with van der Waals surface area (Å²) < 4.78 is 12.7. The second-order valence-corrected chi connectivity index (χ2v) is 2.25. The Morgan fingerprint density at radius 2 is 2.36 bits per heavy atom. The van der Waals surface area contributed by atoms with Gasteiger partial charge in [-0.3, -0.25) is 4.79 Å². The highest BCUT2D eigenvalue weighted by Crippen LogP contribution is 2.12. The summed E-state index contributed by atoms with van der Waals surface area (Å²) in [5.74, 6) is -2.89. The number of carbonyl (C=O) groups is 1. The third kappa shape index (κ3) is 2.99. The summed E-state index contributed by atoms with van der Waals surface area (Å²) in [6.07, 6.45) is -0.862. The molecule has 0 radical (unpaired) electrons. The fraction of sp³-hybridized carbons (Fsp3) is 0.714. The molecule has 0 heterocycles. The Kier molecular flexibility index (Phi) is 4.20. The van der Waals surface area contributed by atoms with Crippen LogP contribution in [-0.4, -0.2) is 17.2 Å². The van der Waals surface area contributed by atoms with Crippen molar-refractivity contribution in [2.24, 2.45) is 5.92 Å². The van der Waals surface area contributed by atoms with Crippen LogP contribution in [0.2, 0.25) is 0 Å². The summed E-state index contributed by atoms with van der Waals surface area (Å²) in [7, 11) is 0. The van der Waals surface area contributed by atoms with Gasteiger partial charge in [-0.25, -0.2) is 4.39 Å². The van der Waals surface area contributed by atoms with E-state index in [1.807, 2.05) is 0 Å². The Morgan fingerprint density at radius 3 is 2.64 bits per heavy atom. The first-order valence-electron chi connectivity index (χ1n) is 3.40. The molecule has 0 saturated carbocycles. The van der Waals surface area contributed by atoms with Crippen LogP contribution >= 0.6 is 0 Å². The third-order valence-electron chi connectivity index (χ3n) is 1.33. The minimum atomic E-state index is -1.54. The summed E-state index contributed by atoms with van der Waals surface area (Å²) in [4.78, 5) is 10.2. The van der Waals surface area contributed by atoms with E-state index in [9.17, 15) is 9.18 Å². The molecule has 0 rings (SSSR count). The number of alkyl halides is 1. The number of hydrogen-bond donors (Lipinski definition) is 1. The van der Waals surface area contributed by atoms with E-state index in [1.54, 1.807) is 6.92 Å². The van der Waals surface area contributed by atoms with Crippen molar-refractivity contribution in [1.29, 1.82) is 5.26 Å². The first kappa shape index (κ1) is 9.89. The number of carboxylic acids is 1. The molecule has 62 valence electrons. The predicted octanol–water partition coefficient (Wildman–Crippen LogP) is 1.35. The molecule has 2 unspecified atom stereocenters. The molecule has 0 aromatic heterocycles. The summed E-state index contributed by atoms with van der Waals surface area (Å²) in [6, 6.07) is 1.41. The number of carboxylic acid groups (broad SMARTS) is 1. The Morgan fingerprint density at radius 1 is 1.82 bits per heavy atom. The second-order valence-electron chi connectivity index (χ2n) is 2.25. The molecule has 11 heavy (non-hydrogen) atoms. The SMILES string of the molecule is CCCC(F)C(C#N)C(=O)O. The van der Waals surface area contributed by atoms with E-state index in [1.165, 1.54) is 6.07 Å². The molecule has 0 bridgehead atoms. The maximum atomic E-state index is 12.7. The monoisotopic (exact) mass is 159 g/mol. The quantitative estimate of drug-likeness (QED) is 0.673. The maximum Gasteiger partial charge on any atom is 0.323 e. The average molecular weight is 159 g/mol. The van der Waals surface area contributed by atoms with Crippen molar-refractivity contribution < 1.29 is 14.3 Å². The molecule has 0 aliphatic heterocycles. The van der Waals surface area contributed by atoms with Crippen molar-refractivity contribution in [3.63, 3.8) is 0 Å². The second kappa shape index (κ2) is 4.67. The lowest BCUT2D eigenvalue weighted by atomic mass is 10.0. The summed E-state index contributed by atoms with van der Waals surface area (Å²) >= 11 is 0. The fourth-order valence-electron chi connectivity index (χ4n) is 0.733. The maximum absolute atomic E-state index is 12.7.